The summed E-state index contributed by atoms with van der Waals surface area (Å²) in [6, 6.07) is 0. The maximum absolute atomic E-state index is 10.3. The van der Waals surface area contributed by atoms with Crippen LogP contribution in [-0.4, -0.2) is 11.2 Å². The maximum Gasteiger partial charge on any atom is 0.0568 e. The van der Waals surface area contributed by atoms with E-state index in [4.69, 9.17) is 0 Å². The third-order valence-corrected chi connectivity index (χ3v) is 8.79. The van der Waals surface area contributed by atoms with Crippen molar-refractivity contribution < 1.29 is 5.11 Å². The van der Waals surface area contributed by atoms with E-state index in [1.165, 1.54) is 51.4 Å². The van der Waals surface area contributed by atoms with E-state index in [9.17, 15) is 5.11 Å². The van der Waals surface area contributed by atoms with Gasteiger partial charge in [-0.05, 0) is 91.8 Å². The van der Waals surface area contributed by atoms with Crippen molar-refractivity contribution in [2.75, 3.05) is 0 Å². The Balaban J connectivity index is 1.63. The van der Waals surface area contributed by atoms with Crippen LogP contribution in [0.15, 0.2) is 0 Å². The topological polar surface area (TPSA) is 20.2 Å². The van der Waals surface area contributed by atoms with Crippen LogP contribution in [0, 0.1) is 40.4 Å². The van der Waals surface area contributed by atoms with Crippen LogP contribution < -0.4 is 0 Å². The Morgan fingerprint density at radius 3 is 2.57 bits per heavy atom. The van der Waals surface area contributed by atoms with E-state index in [1.54, 1.807) is 0 Å². The Bertz CT molecular complexity index is 418. The fourth-order valence-electron chi connectivity index (χ4n) is 7.59. The molecule has 1 heteroatoms. The van der Waals surface area contributed by atoms with Gasteiger partial charge in [0, 0.05) is 0 Å². The first kappa shape index (κ1) is 14.5. The smallest absolute Gasteiger partial charge is 0.0568 e. The maximum atomic E-state index is 10.3. The van der Waals surface area contributed by atoms with Gasteiger partial charge in [-0.3, -0.25) is 0 Å². The molecule has 1 nitrogen and oxygen atoms in total. The monoisotopic (exact) mass is 290 g/mol. The highest BCUT2D eigenvalue weighted by Gasteiger charge is 2.58. The Hall–Kier alpha value is -0.0400. The predicted octanol–water partition coefficient (Wildman–Crippen LogP) is 5.03. The summed E-state index contributed by atoms with van der Waals surface area (Å²) < 4.78 is 0. The van der Waals surface area contributed by atoms with Gasteiger partial charge in [0.2, 0.25) is 0 Å². The lowest BCUT2D eigenvalue weighted by atomic mass is 9.44. The van der Waals surface area contributed by atoms with Crippen molar-refractivity contribution in [1.82, 2.24) is 0 Å². The Morgan fingerprint density at radius 2 is 1.76 bits per heavy atom. The molecule has 0 heterocycles. The van der Waals surface area contributed by atoms with E-state index in [1.807, 2.05) is 0 Å². The normalized spacial score (nSPS) is 60.0. The average molecular weight is 290 g/mol. The minimum absolute atomic E-state index is 0.0278. The summed E-state index contributed by atoms with van der Waals surface area (Å²) in [5.74, 6) is 4.31. The lowest BCUT2D eigenvalue weighted by molar-refractivity contribution is -0.135. The number of hydrogen-bond donors (Lipinski definition) is 1. The Morgan fingerprint density at radius 1 is 0.952 bits per heavy atom. The number of aliphatic hydroxyl groups is 1. The highest BCUT2D eigenvalue weighted by molar-refractivity contribution is 5.08. The zero-order valence-corrected chi connectivity index (χ0v) is 14.3. The average Bonchev–Trinajstić information content (AvgIpc) is 2.82. The van der Waals surface area contributed by atoms with Crippen LogP contribution in [0.2, 0.25) is 0 Å². The largest absolute Gasteiger partial charge is 0.393 e. The standard InChI is InChI=1S/C20H34O/c1-13-12-20(3)14(11-18(13)21)6-7-15-16-5-4-9-19(16,2)10-8-17(15)20/h13-18,21H,4-12H2,1-3H3/t13-,14+,15+,16+,17+,18+,19+,20+/m1/s1. The molecule has 0 aliphatic heterocycles. The molecule has 120 valence electrons. The van der Waals surface area contributed by atoms with Gasteiger partial charge in [0.15, 0.2) is 0 Å². The molecule has 0 amide bonds. The molecule has 21 heavy (non-hydrogen) atoms. The first-order valence-corrected chi connectivity index (χ1v) is 9.62. The van der Waals surface area contributed by atoms with Crippen molar-refractivity contribution in [2.24, 2.45) is 40.4 Å². The fourth-order valence-corrected chi connectivity index (χ4v) is 7.59. The molecule has 0 saturated heterocycles. The number of fused-ring (bicyclic) bond motifs is 5. The van der Waals surface area contributed by atoms with Gasteiger partial charge < -0.3 is 5.11 Å². The molecule has 4 fully saturated rings. The van der Waals surface area contributed by atoms with Gasteiger partial charge in [0.1, 0.15) is 0 Å². The summed E-state index contributed by atoms with van der Waals surface area (Å²) in [5, 5.41) is 10.3. The third-order valence-electron chi connectivity index (χ3n) is 8.79. The highest BCUT2D eigenvalue weighted by atomic mass is 16.3. The molecule has 4 saturated carbocycles. The second-order valence-corrected chi connectivity index (χ2v) is 9.73. The van der Waals surface area contributed by atoms with Gasteiger partial charge in [0.05, 0.1) is 6.10 Å². The van der Waals surface area contributed by atoms with Crippen molar-refractivity contribution in [3.05, 3.63) is 0 Å². The molecule has 0 bridgehead atoms. The lowest BCUT2D eigenvalue weighted by Gasteiger charge is -2.61. The van der Waals surface area contributed by atoms with Gasteiger partial charge in [-0.1, -0.05) is 27.2 Å². The van der Waals surface area contributed by atoms with Gasteiger partial charge in [-0.15, -0.1) is 0 Å². The van der Waals surface area contributed by atoms with Crippen molar-refractivity contribution in [2.45, 2.75) is 84.7 Å². The van der Waals surface area contributed by atoms with Crippen LogP contribution in [-0.2, 0) is 0 Å². The van der Waals surface area contributed by atoms with Gasteiger partial charge in [-0.25, -0.2) is 0 Å². The minimum atomic E-state index is -0.0278. The summed E-state index contributed by atoms with van der Waals surface area (Å²) in [6.45, 7) is 7.50. The molecule has 4 aliphatic rings. The first-order valence-electron chi connectivity index (χ1n) is 9.62. The molecule has 0 radical (unpaired) electrons. The second-order valence-electron chi connectivity index (χ2n) is 9.73. The highest BCUT2D eigenvalue weighted by Crippen LogP contribution is 2.66. The van der Waals surface area contributed by atoms with E-state index in [0.29, 0.717) is 16.7 Å². The van der Waals surface area contributed by atoms with Gasteiger partial charge in [-0.2, -0.15) is 0 Å². The molecular formula is C20H34O. The van der Waals surface area contributed by atoms with E-state index in [0.717, 1.165) is 30.1 Å². The fraction of sp³-hybridized carbons (Fsp3) is 1.00. The lowest BCUT2D eigenvalue weighted by Crippen LogP contribution is -2.54. The third kappa shape index (κ3) is 1.98. The summed E-state index contributed by atoms with van der Waals surface area (Å²) in [4.78, 5) is 0. The van der Waals surface area contributed by atoms with Crippen molar-refractivity contribution in [3.8, 4) is 0 Å². The zero-order chi connectivity index (χ0) is 14.8. The molecule has 4 rings (SSSR count). The number of hydrogen-bond acceptors (Lipinski definition) is 1. The first-order chi connectivity index (χ1) is 9.94. The van der Waals surface area contributed by atoms with E-state index >= 15 is 0 Å². The molecule has 0 aromatic rings. The van der Waals surface area contributed by atoms with E-state index in [-0.39, 0.29) is 6.10 Å². The van der Waals surface area contributed by atoms with Crippen molar-refractivity contribution in [1.29, 1.82) is 0 Å². The quantitative estimate of drug-likeness (QED) is 0.663. The predicted molar refractivity (Wildman–Crippen MR) is 86.9 cm³/mol. The molecular weight excluding hydrogens is 256 g/mol. The van der Waals surface area contributed by atoms with E-state index in [2.05, 4.69) is 20.8 Å². The molecule has 4 aliphatic carbocycles. The molecule has 0 aromatic carbocycles. The Kier molecular flexibility index (Phi) is 3.27. The molecule has 0 aromatic heterocycles. The second kappa shape index (κ2) is 4.73. The van der Waals surface area contributed by atoms with Crippen LogP contribution in [0.1, 0.15) is 78.6 Å². The van der Waals surface area contributed by atoms with E-state index < -0.39 is 0 Å². The summed E-state index contributed by atoms with van der Waals surface area (Å²) >= 11 is 0. The van der Waals surface area contributed by atoms with Crippen molar-refractivity contribution >= 4 is 0 Å². The minimum Gasteiger partial charge on any atom is -0.393 e. The Labute approximate surface area is 130 Å². The summed E-state index contributed by atoms with van der Waals surface area (Å²) in [7, 11) is 0. The summed E-state index contributed by atoms with van der Waals surface area (Å²) in [5.41, 5.74) is 1.22. The molecule has 1 N–H and O–H groups in total. The summed E-state index contributed by atoms with van der Waals surface area (Å²) in [6.07, 6.45) is 12.7. The van der Waals surface area contributed by atoms with Crippen LogP contribution >= 0.6 is 0 Å². The van der Waals surface area contributed by atoms with Crippen LogP contribution in [0.5, 0.6) is 0 Å². The van der Waals surface area contributed by atoms with Gasteiger partial charge >= 0.3 is 0 Å². The number of rotatable bonds is 0. The van der Waals surface area contributed by atoms with Gasteiger partial charge in [0.25, 0.3) is 0 Å². The molecule has 8 atom stereocenters. The van der Waals surface area contributed by atoms with Crippen molar-refractivity contribution in [3.63, 3.8) is 0 Å². The number of aliphatic hydroxyl groups excluding tert-OH is 1. The zero-order valence-electron chi connectivity index (χ0n) is 14.3. The van der Waals surface area contributed by atoms with Crippen LogP contribution in [0.3, 0.4) is 0 Å². The molecule has 0 spiro atoms. The van der Waals surface area contributed by atoms with Crippen LogP contribution in [0.25, 0.3) is 0 Å². The molecule has 0 unspecified atom stereocenters. The van der Waals surface area contributed by atoms with Crippen LogP contribution in [0.4, 0.5) is 0 Å². The SMILES string of the molecule is C[C@@H]1C[C@@]2(C)[C@@H](CC[C@H]3[C@@H]4CCC[C@@]4(C)CC[C@@H]32)C[C@@H]1O.